The van der Waals surface area contributed by atoms with E-state index in [0.717, 1.165) is 103 Å². The van der Waals surface area contributed by atoms with E-state index in [1.807, 2.05) is 0 Å². The lowest BCUT2D eigenvalue weighted by molar-refractivity contribution is -0.129. The Hall–Kier alpha value is -2.16. The Bertz CT molecular complexity index is 1050. The summed E-state index contributed by atoms with van der Waals surface area (Å²) in [4.78, 5) is 59.8. The highest BCUT2D eigenvalue weighted by Crippen LogP contribution is 2.28. The quantitative estimate of drug-likeness (QED) is 0.0513. The molecule has 0 aromatic rings. The van der Waals surface area contributed by atoms with Gasteiger partial charge in [0.25, 0.3) is 0 Å². The second-order valence-corrected chi connectivity index (χ2v) is 18.8. The minimum Gasteiger partial charge on any atom is -0.370 e. The van der Waals surface area contributed by atoms with Crippen LogP contribution < -0.4 is 16.4 Å². The number of nitrogens with two attached hydrogens (primary N) is 1. The van der Waals surface area contributed by atoms with Gasteiger partial charge in [-0.3, -0.25) is 24.0 Å². The molecule has 0 saturated heterocycles. The van der Waals surface area contributed by atoms with E-state index >= 15 is 0 Å². The van der Waals surface area contributed by atoms with Gasteiger partial charge in [0.15, 0.2) is 0 Å². The first kappa shape index (κ1) is 56.2. The largest absolute Gasteiger partial charge is 0.370 e. The summed E-state index contributed by atoms with van der Waals surface area (Å²) in [6.45, 7) is 26.7. The Morgan fingerprint density at radius 2 is 0.963 bits per heavy atom. The summed E-state index contributed by atoms with van der Waals surface area (Å²) < 4.78 is 0. The average Bonchev–Trinajstić information content (AvgIpc) is 3.02. The molecule has 9 heteroatoms. The van der Waals surface area contributed by atoms with Crippen LogP contribution in [0, 0.1) is 22.2 Å². The fourth-order valence-electron chi connectivity index (χ4n) is 5.95. The molecule has 0 aliphatic rings. The van der Waals surface area contributed by atoms with Gasteiger partial charge in [0.1, 0.15) is 11.6 Å². The zero-order valence-corrected chi connectivity index (χ0v) is 37.9. The first-order valence-corrected chi connectivity index (χ1v) is 21.1. The number of primary amides is 1. The summed E-state index contributed by atoms with van der Waals surface area (Å²) >= 11 is 0. The van der Waals surface area contributed by atoms with Crippen LogP contribution in [-0.2, 0) is 24.0 Å². The highest BCUT2D eigenvalue weighted by molar-refractivity contribution is 7.59. The molecule has 0 aromatic carbocycles. The molecule has 0 bridgehead atoms. The topological polar surface area (TPSA) is 135 Å². The zero-order valence-electron chi connectivity index (χ0n) is 36.9. The monoisotopic (exact) mass is 782 g/mol. The van der Waals surface area contributed by atoms with E-state index in [9.17, 15) is 24.0 Å². The van der Waals surface area contributed by atoms with E-state index < -0.39 is 0 Å². The predicted molar refractivity (Wildman–Crippen MR) is 234 cm³/mol. The number of rotatable bonds is 29. The van der Waals surface area contributed by atoms with E-state index in [2.05, 4.69) is 85.3 Å². The fraction of sp³-hybridized carbons (Fsp3) is 0.844. The SMILES string of the molecule is C=C(CCCCCCC(=O)CCCCCNC(=O)[C@H](CCCCNC(=O)CCCCC(C)(C)C)CC(=O)CCCCC(C)(C)C)C(C)(C)C.CC(N)=O.S. The molecule has 3 amide bonds. The second kappa shape index (κ2) is 32.0. The van der Waals surface area contributed by atoms with Gasteiger partial charge in [0.05, 0.1) is 0 Å². The van der Waals surface area contributed by atoms with Crippen molar-refractivity contribution in [3.05, 3.63) is 12.2 Å². The van der Waals surface area contributed by atoms with E-state index in [0.29, 0.717) is 62.8 Å². The lowest BCUT2D eigenvalue weighted by Gasteiger charge is -2.21. The molecule has 0 fully saturated rings. The summed E-state index contributed by atoms with van der Waals surface area (Å²) in [5, 5.41) is 6.11. The summed E-state index contributed by atoms with van der Waals surface area (Å²) in [5.41, 5.74) is 6.52. The molecule has 54 heavy (non-hydrogen) atoms. The Balaban J connectivity index is -0.00000493. The fourth-order valence-corrected chi connectivity index (χ4v) is 5.95. The summed E-state index contributed by atoms with van der Waals surface area (Å²) in [7, 11) is 0. The maximum atomic E-state index is 13.2. The number of hydrogen-bond donors (Lipinski definition) is 3. The molecule has 0 heterocycles. The van der Waals surface area contributed by atoms with Gasteiger partial charge in [0, 0.05) is 58.0 Å². The van der Waals surface area contributed by atoms with Crippen LogP contribution in [-0.4, -0.2) is 42.4 Å². The summed E-state index contributed by atoms with van der Waals surface area (Å²) in [5.74, 6) is -0.0684. The lowest BCUT2D eigenvalue weighted by Crippen LogP contribution is -2.33. The van der Waals surface area contributed by atoms with Crippen molar-refractivity contribution in [1.29, 1.82) is 0 Å². The first-order valence-electron chi connectivity index (χ1n) is 21.1. The van der Waals surface area contributed by atoms with Gasteiger partial charge in [-0.1, -0.05) is 113 Å². The Labute approximate surface area is 340 Å². The van der Waals surface area contributed by atoms with Gasteiger partial charge < -0.3 is 16.4 Å². The number of nitrogens with one attached hydrogen (secondary N) is 2. The molecule has 1 atom stereocenters. The Morgan fingerprint density at radius 3 is 1.46 bits per heavy atom. The van der Waals surface area contributed by atoms with E-state index in [1.54, 1.807) is 0 Å². The van der Waals surface area contributed by atoms with Crippen molar-refractivity contribution in [1.82, 2.24) is 10.6 Å². The maximum absolute atomic E-state index is 13.2. The van der Waals surface area contributed by atoms with Gasteiger partial charge in [-0.25, -0.2) is 0 Å². The second-order valence-electron chi connectivity index (χ2n) is 18.8. The van der Waals surface area contributed by atoms with Crippen molar-refractivity contribution in [2.45, 2.75) is 210 Å². The van der Waals surface area contributed by atoms with Crippen molar-refractivity contribution >= 4 is 42.8 Å². The first-order chi connectivity index (χ1) is 24.5. The summed E-state index contributed by atoms with van der Waals surface area (Å²) in [6, 6.07) is 0. The van der Waals surface area contributed by atoms with Crippen LogP contribution in [0.5, 0.6) is 0 Å². The van der Waals surface area contributed by atoms with Gasteiger partial charge in [0.2, 0.25) is 17.7 Å². The van der Waals surface area contributed by atoms with Gasteiger partial charge in [-0.15, -0.1) is 0 Å². The van der Waals surface area contributed by atoms with Crippen LogP contribution in [0.1, 0.15) is 210 Å². The Kier molecular flexibility index (Phi) is 33.3. The van der Waals surface area contributed by atoms with Gasteiger partial charge in [-0.05, 0) is 86.9 Å². The molecular formula is C45H87N3O5S. The minimum absolute atomic E-state index is 0. The molecule has 0 spiro atoms. The lowest BCUT2D eigenvalue weighted by atomic mass is 9.84. The van der Waals surface area contributed by atoms with Crippen molar-refractivity contribution in [3.63, 3.8) is 0 Å². The van der Waals surface area contributed by atoms with E-state index in [-0.39, 0.29) is 53.7 Å². The van der Waals surface area contributed by atoms with Crippen LogP contribution in [0.2, 0.25) is 0 Å². The minimum atomic E-state index is -0.333. The summed E-state index contributed by atoms with van der Waals surface area (Å²) in [6.07, 6.45) is 19.1. The van der Waals surface area contributed by atoms with Crippen LogP contribution in [0.15, 0.2) is 12.2 Å². The van der Waals surface area contributed by atoms with Crippen molar-refractivity contribution in [2.75, 3.05) is 13.1 Å². The number of amides is 3. The number of Topliss-reactive ketones (excluding diaryl/α,β-unsaturated/α-hetero) is 2. The highest BCUT2D eigenvalue weighted by atomic mass is 32.1. The smallest absolute Gasteiger partial charge is 0.223 e. The third-order valence-electron chi connectivity index (χ3n) is 9.54. The molecular weight excluding hydrogens is 695 g/mol. The van der Waals surface area contributed by atoms with E-state index in [4.69, 9.17) is 0 Å². The molecule has 0 rings (SSSR count). The third-order valence-corrected chi connectivity index (χ3v) is 9.54. The molecule has 0 aliphatic carbocycles. The van der Waals surface area contributed by atoms with Crippen LogP contribution >= 0.6 is 13.5 Å². The Morgan fingerprint density at radius 1 is 0.556 bits per heavy atom. The number of unbranched alkanes of at least 4 members (excludes halogenated alkanes) is 8. The predicted octanol–water partition coefficient (Wildman–Crippen LogP) is 10.9. The number of allylic oxidation sites excluding steroid dienone is 1. The third kappa shape index (κ3) is 41.0. The van der Waals surface area contributed by atoms with Crippen LogP contribution in [0.4, 0.5) is 0 Å². The molecule has 0 saturated carbocycles. The normalized spacial score (nSPS) is 12.1. The number of carbonyl (C=O) groups is 5. The molecule has 0 aliphatic heterocycles. The number of hydrogen-bond acceptors (Lipinski definition) is 5. The standard InChI is InChI=1S/C43H80N2O4.C2H5NO.H2S/c1-35(43(8,9)10)24-14-11-12-15-26-37(46)27-16-13-22-33-45-40(49)36(34-38(47)28-17-20-30-41(2,3)4)25-19-23-32-44-39(48)29-18-21-31-42(5,6)7;1-2(3)4;/h36H,1,11-34H2,2-10H3,(H,44,48)(H,45,49);1H3,(H2,3,4);1H2/t36-;;/m1../s1. The van der Waals surface area contributed by atoms with E-state index in [1.165, 1.54) is 12.5 Å². The molecule has 0 radical (unpaired) electrons. The molecule has 0 aromatic heterocycles. The van der Waals surface area contributed by atoms with Gasteiger partial charge in [-0.2, -0.15) is 13.5 Å². The molecule has 318 valence electrons. The molecule has 4 N–H and O–H groups in total. The molecule has 8 nitrogen and oxygen atoms in total. The average molecular weight is 782 g/mol. The molecule has 0 unspecified atom stereocenters. The van der Waals surface area contributed by atoms with Crippen molar-refractivity contribution in [2.24, 2.45) is 27.9 Å². The van der Waals surface area contributed by atoms with Gasteiger partial charge >= 0.3 is 0 Å². The maximum Gasteiger partial charge on any atom is 0.223 e. The van der Waals surface area contributed by atoms with Crippen LogP contribution in [0.25, 0.3) is 0 Å². The van der Waals surface area contributed by atoms with Crippen molar-refractivity contribution in [3.8, 4) is 0 Å². The highest BCUT2D eigenvalue weighted by Gasteiger charge is 2.22. The van der Waals surface area contributed by atoms with Crippen molar-refractivity contribution < 1.29 is 24.0 Å². The zero-order chi connectivity index (χ0) is 40.9. The number of ketones is 2. The number of carbonyl (C=O) groups excluding carboxylic acids is 5. The van der Waals surface area contributed by atoms with Crippen LogP contribution in [0.3, 0.4) is 0 Å².